The molecule has 3 aromatic rings. The predicted molar refractivity (Wildman–Crippen MR) is 105 cm³/mol. The summed E-state index contributed by atoms with van der Waals surface area (Å²) in [7, 11) is 0. The van der Waals surface area contributed by atoms with Crippen molar-refractivity contribution in [2.45, 2.75) is 20.3 Å². The summed E-state index contributed by atoms with van der Waals surface area (Å²) < 4.78 is 0. The Balaban J connectivity index is 1.77. The Hall–Kier alpha value is -2.92. The fourth-order valence-corrected chi connectivity index (χ4v) is 2.55. The number of hydrogen-bond donors (Lipinski definition) is 2. The summed E-state index contributed by atoms with van der Waals surface area (Å²) in [5, 5.41) is 6.56. The molecule has 26 heavy (non-hydrogen) atoms. The monoisotopic (exact) mass is 366 g/mol. The first-order chi connectivity index (χ1) is 12.5. The number of hydrogen-bond acceptors (Lipinski definition) is 4. The number of anilines is 3. The van der Waals surface area contributed by atoms with E-state index in [0.717, 1.165) is 12.1 Å². The van der Waals surface area contributed by atoms with Crippen LogP contribution in [-0.4, -0.2) is 15.9 Å². The van der Waals surface area contributed by atoms with Gasteiger partial charge >= 0.3 is 0 Å². The van der Waals surface area contributed by atoms with Crippen molar-refractivity contribution in [1.82, 2.24) is 9.97 Å². The van der Waals surface area contributed by atoms with Crippen LogP contribution in [0.25, 0.3) is 0 Å². The lowest BCUT2D eigenvalue weighted by molar-refractivity contribution is 0.102. The van der Waals surface area contributed by atoms with E-state index in [9.17, 15) is 4.79 Å². The van der Waals surface area contributed by atoms with E-state index in [1.807, 2.05) is 31.2 Å². The van der Waals surface area contributed by atoms with Gasteiger partial charge in [-0.1, -0.05) is 30.7 Å². The van der Waals surface area contributed by atoms with E-state index in [0.29, 0.717) is 28.0 Å². The van der Waals surface area contributed by atoms with Gasteiger partial charge in [-0.3, -0.25) is 4.79 Å². The lowest BCUT2D eigenvalue weighted by Gasteiger charge is -2.09. The first kappa shape index (κ1) is 17.9. The molecule has 0 saturated heterocycles. The second-order valence-electron chi connectivity index (χ2n) is 5.85. The topological polar surface area (TPSA) is 66.9 Å². The number of aryl methyl sites for hydroxylation is 2. The Morgan fingerprint density at radius 2 is 1.65 bits per heavy atom. The molecule has 0 radical (unpaired) electrons. The summed E-state index contributed by atoms with van der Waals surface area (Å²) in [5.41, 5.74) is 3.77. The van der Waals surface area contributed by atoms with Gasteiger partial charge < -0.3 is 10.6 Å². The van der Waals surface area contributed by atoms with Crippen LogP contribution in [0.15, 0.2) is 54.6 Å². The minimum absolute atomic E-state index is 0.292. The molecule has 1 amide bonds. The first-order valence-corrected chi connectivity index (χ1v) is 8.70. The maximum atomic E-state index is 12.5. The smallest absolute Gasteiger partial charge is 0.274 e. The average Bonchev–Trinajstić information content (AvgIpc) is 2.64. The predicted octanol–water partition coefficient (Wildman–Crippen LogP) is 5.00. The van der Waals surface area contributed by atoms with Crippen molar-refractivity contribution in [1.29, 1.82) is 0 Å². The lowest BCUT2D eigenvalue weighted by Crippen LogP contribution is -2.15. The minimum Gasteiger partial charge on any atom is -0.324 e. The summed E-state index contributed by atoms with van der Waals surface area (Å²) in [6, 6.07) is 16.6. The zero-order valence-corrected chi connectivity index (χ0v) is 15.3. The molecule has 6 heteroatoms. The van der Waals surface area contributed by atoms with Gasteiger partial charge in [-0.2, -0.15) is 0 Å². The maximum absolute atomic E-state index is 12.5. The molecular formula is C20H19ClN4O. The first-order valence-electron chi connectivity index (χ1n) is 8.32. The van der Waals surface area contributed by atoms with Crippen molar-refractivity contribution in [3.05, 3.63) is 76.6 Å². The molecule has 0 aliphatic heterocycles. The summed E-state index contributed by atoms with van der Waals surface area (Å²) in [6.45, 7) is 3.93. The van der Waals surface area contributed by atoms with Gasteiger partial charge in [0.05, 0.1) is 0 Å². The summed E-state index contributed by atoms with van der Waals surface area (Å²) in [4.78, 5) is 21.2. The Kier molecular flexibility index (Phi) is 5.49. The molecule has 0 unspecified atom stereocenters. The van der Waals surface area contributed by atoms with Gasteiger partial charge in [0.15, 0.2) is 0 Å². The molecule has 2 N–H and O–H groups in total. The van der Waals surface area contributed by atoms with Crippen molar-refractivity contribution in [3.8, 4) is 0 Å². The highest BCUT2D eigenvalue weighted by atomic mass is 35.5. The summed E-state index contributed by atoms with van der Waals surface area (Å²) in [6.07, 6.45) is 0.982. The Morgan fingerprint density at radius 1 is 1.00 bits per heavy atom. The number of aromatic nitrogens is 2. The number of carbonyl (C=O) groups excluding carboxylic acids is 1. The SMILES string of the molecule is CCc1ccc(Nc2nc(C)cc(C(=O)Nc3ccc(Cl)cc3)n2)cc1. The summed E-state index contributed by atoms with van der Waals surface area (Å²) in [5.74, 6) is 0.0812. The van der Waals surface area contributed by atoms with E-state index >= 15 is 0 Å². The van der Waals surface area contributed by atoms with Crippen molar-refractivity contribution in [2.24, 2.45) is 0 Å². The molecule has 0 fully saturated rings. The van der Waals surface area contributed by atoms with Gasteiger partial charge in [-0.25, -0.2) is 9.97 Å². The van der Waals surface area contributed by atoms with Crippen molar-refractivity contribution >= 4 is 34.8 Å². The maximum Gasteiger partial charge on any atom is 0.274 e. The molecule has 1 heterocycles. The Labute approximate surface area is 157 Å². The van der Waals surface area contributed by atoms with Gasteiger partial charge in [0.2, 0.25) is 5.95 Å². The van der Waals surface area contributed by atoms with Gasteiger partial charge in [-0.15, -0.1) is 0 Å². The molecule has 5 nitrogen and oxygen atoms in total. The van der Waals surface area contributed by atoms with Crippen LogP contribution >= 0.6 is 11.6 Å². The highest BCUT2D eigenvalue weighted by Gasteiger charge is 2.11. The van der Waals surface area contributed by atoms with Crippen molar-refractivity contribution in [2.75, 3.05) is 10.6 Å². The molecule has 132 valence electrons. The van der Waals surface area contributed by atoms with E-state index < -0.39 is 0 Å². The molecule has 3 rings (SSSR count). The molecule has 0 spiro atoms. The highest BCUT2D eigenvalue weighted by molar-refractivity contribution is 6.30. The van der Waals surface area contributed by atoms with Crippen LogP contribution in [0.5, 0.6) is 0 Å². The molecule has 0 aliphatic rings. The van der Waals surface area contributed by atoms with E-state index in [-0.39, 0.29) is 5.91 Å². The van der Waals surface area contributed by atoms with Crippen molar-refractivity contribution < 1.29 is 4.79 Å². The second-order valence-corrected chi connectivity index (χ2v) is 6.29. The number of nitrogens with zero attached hydrogens (tertiary/aromatic N) is 2. The molecule has 0 aliphatic carbocycles. The third kappa shape index (κ3) is 4.58. The number of nitrogens with one attached hydrogen (secondary N) is 2. The minimum atomic E-state index is -0.304. The fraction of sp³-hybridized carbons (Fsp3) is 0.150. The summed E-state index contributed by atoms with van der Waals surface area (Å²) >= 11 is 5.86. The zero-order valence-electron chi connectivity index (χ0n) is 14.6. The molecule has 1 aromatic heterocycles. The second kappa shape index (κ2) is 7.97. The lowest BCUT2D eigenvalue weighted by atomic mass is 10.1. The molecule has 0 bridgehead atoms. The van der Waals surface area contributed by atoms with Gasteiger partial charge in [0.1, 0.15) is 5.69 Å². The van der Waals surface area contributed by atoms with Crippen LogP contribution in [0.3, 0.4) is 0 Å². The highest BCUT2D eigenvalue weighted by Crippen LogP contribution is 2.17. The molecule has 0 atom stereocenters. The normalized spacial score (nSPS) is 10.4. The Bertz CT molecular complexity index is 908. The number of halogens is 1. The number of amides is 1. The van der Waals surface area contributed by atoms with Crippen LogP contribution in [0.1, 0.15) is 28.7 Å². The van der Waals surface area contributed by atoms with Gasteiger partial charge in [0, 0.05) is 22.1 Å². The molecule has 2 aromatic carbocycles. The quantitative estimate of drug-likeness (QED) is 0.667. The Morgan fingerprint density at radius 3 is 2.31 bits per heavy atom. The number of benzene rings is 2. The number of rotatable bonds is 5. The van der Waals surface area contributed by atoms with Crippen molar-refractivity contribution in [3.63, 3.8) is 0 Å². The molecule has 0 saturated carbocycles. The van der Waals surface area contributed by atoms with E-state index in [1.54, 1.807) is 30.3 Å². The van der Waals surface area contributed by atoms with E-state index in [1.165, 1.54) is 5.56 Å². The van der Waals surface area contributed by atoms with Crippen LogP contribution in [0, 0.1) is 6.92 Å². The standard InChI is InChI=1S/C20H19ClN4O/c1-3-14-4-8-17(9-5-14)24-20-22-13(2)12-18(25-20)19(26)23-16-10-6-15(21)7-11-16/h4-12H,3H2,1-2H3,(H,23,26)(H,22,24,25). The third-order valence-corrected chi connectivity index (χ3v) is 4.06. The van der Waals surface area contributed by atoms with Crippen LogP contribution < -0.4 is 10.6 Å². The molecular weight excluding hydrogens is 348 g/mol. The largest absolute Gasteiger partial charge is 0.324 e. The van der Waals surface area contributed by atoms with Crippen LogP contribution in [-0.2, 0) is 6.42 Å². The van der Waals surface area contributed by atoms with E-state index in [4.69, 9.17) is 11.6 Å². The van der Waals surface area contributed by atoms with E-state index in [2.05, 4.69) is 27.5 Å². The zero-order chi connectivity index (χ0) is 18.5. The van der Waals surface area contributed by atoms with Crippen LogP contribution in [0.4, 0.5) is 17.3 Å². The number of carbonyl (C=O) groups is 1. The third-order valence-electron chi connectivity index (χ3n) is 3.81. The average molecular weight is 367 g/mol. The fourth-order valence-electron chi connectivity index (χ4n) is 2.42. The van der Waals surface area contributed by atoms with Gasteiger partial charge in [0.25, 0.3) is 5.91 Å². The van der Waals surface area contributed by atoms with Crippen LogP contribution in [0.2, 0.25) is 5.02 Å². The van der Waals surface area contributed by atoms with Gasteiger partial charge in [-0.05, 0) is 61.4 Å².